The number of amides is 1. The monoisotopic (exact) mass is 195 g/mol. The number of hydrogen-bond donors (Lipinski definition) is 1. The van der Waals surface area contributed by atoms with Gasteiger partial charge in [0.1, 0.15) is 0 Å². The highest BCUT2D eigenvalue weighted by Crippen LogP contribution is 1.98. The summed E-state index contributed by atoms with van der Waals surface area (Å²) < 4.78 is 24.3. The van der Waals surface area contributed by atoms with Gasteiger partial charge in [-0.15, -0.1) is 0 Å². The van der Waals surface area contributed by atoms with Gasteiger partial charge in [-0.25, -0.2) is 0 Å². The van der Waals surface area contributed by atoms with Crippen LogP contribution in [0.25, 0.3) is 0 Å². The SMILES string of the molecule is CN(C)S(=O)(=O)N(C)CC(N)=O. The van der Waals surface area contributed by atoms with Gasteiger partial charge >= 0.3 is 0 Å². The molecule has 0 aromatic heterocycles. The quantitative estimate of drug-likeness (QED) is 0.575. The Kier molecular flexibility index (Phi) is 3.62. The van der Waals surface area contributed by atoms with Gasteiger partial charge in [-0.05, 0) is 0 Å². The number of nitrogens with two attached hydrogens (primary N) is 1. The average molecular weight is 195 g/mol. The summed E-state index contributed by atoms with van der Waals surface area (Å²) in [6.45, 7) is -0.305. The Morgan fingerprint density at radius 2 is 1.75 bits per heavy atom. The van der Waals surface area contributed by atoms with Gasteiger partial charge in [0.2, 0.25) is 5.91 Å². The summed E-state index contributed by atoms with van der Waals surface area (Å²) in [5.41, 5.74) is 4.83. The Bertz CT molecular complexity index is 259. The van der Waals surface area contributed by atoms with Crippen molar-refractivity contribution in [1.82, 2.24) is 8.61 Å². The number of likely N-dealkylation sites (N-methyl/N-ethyl adjacent to an activating group) is 1. The Morgan fingerprint density at radius 3 is 2.00 bits per heavy atom. The van der Waals surface area contributed by atoms with Gasteiger partial charge in [0.25, 0.3) is 10.2 Å². The second-order valence-corrected chi connectivity index (χ2v) is 4.76. The standard InChI is InChI=1S/C5H13N3O3S/c1-7(2)12(10,11)8(3)4-5(6)9/h4H2,1-3H3,(H2,6,9). The second kappa shape index (κ2) is 3.83. The van der Waals surface area contributed by atoms with E-state index in [-0.39, 0.29) is 6.54 Å². The summed E-state index contributed by atoms with van der Waals surface area (Å²) in [7, 11) is 0.549. The molecule has 0 aromatic rings. The summed E-state index contributed by atoms with van der Waals surface area (Å²) in [5, 5.41) is 0. The number of carbonyl (C=O) groups excluding carboxylic acids is 1. The molecular weight excluding hydrogens is 182 g/mol. The van der Waals surface area contributed by atoms with Crippen molar-refractivity contribution >= 4 is 16.1 Å². The Hall–Kier alpha value is -0.660. The molecule has 0 saturated heterocycles. The van der Waals surface area contributed by atoms with Gasteiger partial charge < -0.3 is 5.73 Å². The van der Waals surface area contributed by atoms with Crippen LogP contribution in [0.4, 0.5) is 0 Å². The van der Waals surface area contributed by atoms with Gasteiger partial charge in [-0.3, -0.25) is 4.79 Å². The van der Waals surface area contributed by atoms with Crippen LogP contribution in [0.2, 0.25) is 0 Å². The molecule has 12 heavy (non-hydrogen) atoms. The number of carbonyl (C=O) groups is 1. The van der Waals surface area contributed by atoms with Crippen molar-refractivity contribution < 1.29 is 13.2 Å². The van der Waals surface area contributed by atoms with E-state index in [0.29, 0.717) is 0 Å². The van der Waals surface area contributed by atoms with E-state index in [1.807, 2.05) is 0 Å². The highest BCUT2D eigenvalue weighted by Gasteiger charge is 2.21. The molecule has 7 heteroatoms. The van der Waals surface area contributed by atoms with Gasteiger partial charge in [0, 0.05) is 21.1 Å². The van der Waals surface area contributed by atoms with Crippen LogP contribution in [0.3, 0.4) is 0 Å². The minimum absolute atomic E-state index is 0.305. The molecule has 6 nitrogen and oxygen atoms in total. The molecule has 0 aliphatic carbocycles. The Balaban J connectivity index is 4.48. The van der Waals surface area contributed by atoms with E-state index in [2.05, 4.69) is 0 Å². The molecule has 72 valence electrons. The molecule has 0 rings (SSSR count). The fourth-order valence-electron chi connectivity index (χ4n) is 0.580. The third-order valence-electron chi connectivity index (χ3n) is 1.23. The highest BCUT2D eigenvalue weighted by atomic mass is 32.2. The molecule has 2 N–H and O–H groups in total. The smallest absolute Gasteiger partial charge is 0.281 e. The zero-order valence-electron chi connectivity index (χ0n) is 7.31. The Morgan fingerprint density at radius 1 is 1.33 bits per heavy atom. The molecule has 0 unspecified atom stereocenters. The maximum absolute atomic E-state index is 11.2. The van der Waals surface area contributed by atoms with Crippen LogP contribution >= 0.6 is 0 Å². The number of primary amides is 1. The van der Waals surface area contributed by atoms with Crippen LogP contribution in [-0.4, -0.2) is 50.6 Å². The summed E-state index contributed by atoms with van der Waals surface area (Å²) in [6.07, 6.45) is 0. The zero-order chi connectivity index (χ0) is 9.94. The second-order valence-electron chi connectivity index (χ2n) is 2.51. The van der Waals surface area contributed by atoms with Crippen molar-refractivity contribution in [2.45, 2.75) is 0 Å². The first kappa shape index (κ1) is 11.3. The first-order valence-electron chi connectivity index (χ1n) is 3.20. The molecule has 0 atom stereocenters. The third kappa shape index (κ3) is 2.76. The molecule has 0 saturated carbocycles. The van der Waals surface area contributed by atoms with Gasteiger partial charge in [-0.2, -0.15) is 17.0 Å². The topological polar surface area (TPSA) is 83.7 Å². The van der Waals surface area contributed by atoms with Crippen LogP contribution in [-0.2, 0) is 15.0 Å². The minimum Gasteiger partial charge on any atom is -0.369 e. The van der Waals surface area contributed by atoms with Crippen LogP contribution in [0.5, 0.6) is 0 Å². The molecule has 0 aliphatic rings. The van der Waals surface area contributed by atoms with Crippen LogP contribution in [0, 0.1) is 0 Å². The summed E-state index contributed by atoms with van der Waals surface area (Å²) in [5.74, 6) is -0.678. The summed E-state index contributed by atoms with van der Waals surface area (Å²) >= 11 is 0. The van der Waals surface area contributed by atoms with Crippen LogP contribution in [0.1, 0.15) is 0 Å². The maximum Gasteiger partial charge on any atom is 0.281 e. The molecule has 1 amide bonds. The summed E-state index contributed by atoms with van der Waals surface area (Å²) in [4.78, 5) is 10.4. The van der Waals surface area contributed by atoms with E-state index in [1.165, 1.54) is 21.1 Å². The van der Waals surface area contributed by atoms with E-state index in [9.17, 15) is 13.2 Å². The van der Waals surface area contributed by atoms with Crippen molar-refractivity contribution in [2.24, 2.45) is 5.73 Å². The zero-order valence-corrected chi connectivity index (χ0v) is 8.13. The van der Waals surface area contributed by atoms with E-state index < -0.39 is 16.1 Å². The lowest BCUT2D eigenvalue weighted by molar-refractivity contribution is -0.118. The van der Waals surface area contributed by atoms with E-state index in [0.717, 1.165) is 8.61 Å². The van der Waals surface area contributed by atoms with Crippen molar-refractivity contribution in [2.75, 3.05) is 27.7 Å². The number of nitrogens with zero attached hydrogens (tertiary/aromatic N) is 2. The maximum atomic E-state index is 11.2. The number of hydrogen-bond acceptors (Lipinski definition) is 3. The van der Waals surface area contributed by atoms with Gasteiger partial charge in [0.15, 0.2) is 0 Å². The largest absolute Gasteiger partial charge is 0.369 e. The lowest BCUT2D eigenvalue weighted by atomic mass is 10.6. The molecule has 0 aliphatic heterocycles. The predicted octanol–water partition coefficient (Wildman–Crippen LogP) is -1.79. The van der Waals surface area contributed by atoms with Crippen molar-refractivity contribution in [3.63, 3.8) is 0 Å². The first-order chi connectivity index (χ1) is 5.28. The molecule has 0 spiro atoms. The molecule has 0 heterocycles. The lowest BCUT2D eigenvalue weighted by Crippen LogP contribution is -2.41. The predicted molar refractivity (Wildman–Crippen MR) is 44.4 cm³/mol. The van der Waals surface area contributed by atoms with E-state index in [4.69, 9.17) is 5.73 Å². The molecular formula is C5H13N3O3S. The lowest BCUT2D eigenvalue weighted by Gasteiger charge is -2.19. The van der Waals surface area contributed by atoms with E-state index >= 15 is 0 Å². The first-order valence-corrected chi connectivity index (χ1v) is 4.60. The van der Waals surface area contributed by atoms with Crippen molar-refractivity contribution in [3.8, 4) is 0 Å². The van der Waals surface area contributed by atoms with Crippen molar-refractivity contribution in [1.29, 1.82) is 0 Å². The van der Waals surface area contributed by atoms with Gasteiger partial charge in [-0.1, -0.05) is 0 Å². The minimum atomic E-state index is -3.51. The van der Waals surface area contributed by atoms with Gasteiger partial charge in [0.05, 0.1) is 6.54 Å². The normalized spacial score (nSPS) is 12.4. The third-order valence-corrected chi connectivity index (χ3v) is 3.07. The molecule has 0 radical (unpaired) electrons. The van der Waals surface area contributed by atoms with Crippen LogP contribution < -0.4 is 5.73 Å². The fraction of sp³-hybridized carbons (Fsp3) is 0.800. The fourth-order valence-corrected chi connectivity index (χ4v) is 1.43. The van der Waals surface area contributed by atoms with E-state index in [1.54, 1.807) is 0 Å². The summed E-state index contributed by atoms with van der Waals surface area (Å²) in [6, 6.07) is 0. The van der Waals surface area contributed by atoms with Crippen molar-refractivity contribution in [3.05, 3.63) is 0 Å². The number of rotatable bonds is 4. The molecule has 0 fully saturated rings. The average Bonchev–Trinajstić information content (AvgIpc) is 1.85. The van der Waals surface area contributed by atoms with Crippen LogP contribution in [0.15, 0.2) is 0 Å². The highest BCUT2D eigenvalue weighted by molar-refractivity contribution is 7.86. The molecule has 0 aromatic carbocycles. The molecule has 0 bridgehead atoms. The Labute approximate surface area is 72.1 Å².